The van der Waals surface area contributed by atoms with Crippen LogP contribution in [0.1, 0.15) is 39.8 Å². The number of esters is 3. The molecule has 0 bridgehead atoms. The number of hydrogen-bond donors (Lipinski definition) is 7. The van der Waals surface area contributed by atoms with Crippen LogP contribution in [0, 0.1) is 0 Å². The van der Waals surface area contributed by atoms with Gasteiger partial charge in [0, 0.05) is 18.1 Å². The first-order valence-electron chi connectivity index (χ1n) is 14.8. The quantitative estimate of drug-likeness (QED) is 0.0403. The minimum atomic E-state index is -1.55. The Morgan fingerprint density at radius 1 is 0.760 bits per heavy atom. The van der Waals surface area contributed by atoms with E-state index in [2.05, 4.69) is 0 Å². The third-order valence-electron chi connectivity index (χ3n) is 7.68. The van der Waals surface area contributed by atoms with Crippen LogP contribution in [0.4, 0.5) is 0 Å². The number of phenolic OH excluding ortho intramolecular Hbond substituents is 7. The average molecular weight is 687 g/mol. The normalized spacial score (nSPS) is 15.7. The van der Waals surface area contributed by atoms with Crippen LogP contribution in [0.15, 0.2) is 79.1 Å². The summed E-state index contributed by atoms with van der Waals surface area (Å²) in [6.45, 7) is 0. The largest absolute Gasteiger partial charge is 0.504 e. The van der Waals surface area contributed by atoms with Crippen molar-refractivity contribution in [2.75, 3.05) is 7.11 Å². The first-order valence-corrected chi connectivity index (χ1v) is 14.8. The highest BCUT2D eigenvalue weighted by molar-refractivity contribution is 5.91. The second-order valence-electron chi connectivity index (χ2n) is 11.0. The number of phenols is 7. The summed E-state index contributed by atoms with van der Waals surface area (Å²) >= 11 is 0. The van der Waals surface area contributed by atoms with Gasteiger partial charge in [-0.05, 0) is 76.9 Å². The SMILES string of the molecule is COC(=O)[C@@H](Cc1ccc(O)c(O)c1)OC(=O)[C@H]1c2c(/C=C/C(=O)O/C=C\c3ccc(O)c(O)c3)ccc(O)c2O[C@@H]1c1ccc(O)c(O)c1. The van der Waals surface area contributed by atoms with Crippen LogP contribution in [0.3, 0.4) is 0 Å². The molecule has 1 aliphatic rings. The molecule has 4 aromatic carbocycles. The standard InChI is InChI=1S/C36H30O14/c1-47-35(45)29(16-19-3-8-23(38)27(42)15-19)49-36(46)32-31-20(6-11-30(44)48-13-12-18-2-7-22(37)26(41)14-18)4-10-25(40)34(31)50-33(32)21-5-9-24(39)28(43)17-21/h2-15,17,29,32-33,37-43H,16H2,1H3/b11-6+,13-12-/t29-,32+,33-/m1/s1. The zero-order valence-corrected chi connectivity index (χ0v) is 26.1. The van der Waals surface area contributed by atoms with E-state index in [1.165, 1.54) is 66.7 Å². The number of fused-ring (bicyclic) bond motifs is 1. The van der Waals surface area contributed by atoms with Crippen LogP contribution in [-0.4, -0.2) is 66.9 Å². The summed E-state index contributed by atoms with van der Waals surface area (Å²) in [6, 6.07) is 14.1. The van der Waals surface area contributed by atoms with Gasteiger partial charge >= 0.3 is 17.9 Å². The molecule has 0 spiro atoms. The number of aromatic hydroxyl groups is 7. The van der Waals surface area contributed by atoms with Gasteiger partial charge in [-0.15, -0.1) is 0 Å². The van der Waals surface area contributed by atoms with Crippen molar-refractivity contribution in [3.05, 3.63) is 107 Å². The number of hydrogen-bond acceptors (Lipinski definition) is 14. The third kappa shape index (κ3) is 7.49. The molecule has 0 aromatic heterocycles. The lowest BCUT2D eigenvalue weighted by atomic mass is 9.87. The van der Waals surface area contributed by atoms with Crippen molar-refractivity contribution in [3.8, 4) is 46.0 Å². The number of ether oxygens (including phenoxy) is 4. The Labute approximate surface area is 283 Å². The third-order valence-corrected chi connectivity index (χ3v) is 7.68. The highest BCUT2D eigenvalue weighted by Gasteiger charge is 2.46. The Morgan fingerprint density at radius 3 is 2.06 bits per heavy atom. The monoisotopic (exact) mass is 686 g/mol. The van der Waals surface area contributed by atoms with Crippen molar-refractivity contribution in [1.29, 1.82) is 0 Å². The van der Waals surface area contributed by atoms with Gasteiger partial charge in [-0.1, -0.05) is 24.3 Å². The second-order valence-corrected chi connectivity index (χ2v) is 11.0. The van der Waals surface area contributed by atoms with Crippen molar-refractivity contribution in [3.63, 3.8) is 0 Å². The maximum atomic E-state index is 14.1. The molecule has 0 aliphatic carbocycles. The lowest BCUT2D eigenvalue weighted by Gasteiger charge is -2.22. The molecule has 14 nitrogen and oxygen atoms in total. The number of benzene rings is 4. The zero-order valence-electron chi connectivity index (χ0n) is 26.1. The zero-order chi connectivity index (χ0) is 36.1. The van der Waals surface area contributed by atoms with Gasteiger partial charge < -0.3 is 54.7 Å². The van der Waals surface area contributed by atoms with Gasteiger partial charge in [0.1, 0.15) is 12.0 Å². The summed E-state index contributed by atoms with van der Waals surface area (Å²) in [4.78, 5) is 39.4. The number of carbonyl (C=O) groups excluding carboxylic acids is 3. The van der Waals surface area contributed by atoms with Gasteiger partial charge in [0.15, 0.2) is 46.0 Å². The Morgan fingerprint density at radius 2 is 1.40 bits per heavy atom. The van der Waals surface area contributed by atoms with Gasteiger partial charge in [-0.25, -0.2) is 9.59 Å². The first kappa shape index (κ1) is 34.5. The molecular formula is C36H30O14. The minimum Gasteiger partial charge on any atom is -0.504 e. The molecule has 0 unspecified atom stereocenters. The minimum absolute atomic E-state index is 0.0534. The predicted octanol–water partition coefficient (Wildman–Crippen LogP) is 4.40. The Hall–Kier alpha value is -6.83. The van der Waals surface area contributed by atoms with Crippen molar-refractivity contribution < 1.29 is 69.1 Å². The second kappa shape index (κ2) is 14.5. The van der Waals surface area contributed by atoms with E-state index in [1.807, 2.05) is 0 Å². The molecule has 50 heavy (non-hydrogen) atoms. The molecule has 14 heteroatoms. The molecule has 258 valence electrons. The molecule has 1 heterocycles. The van der Waals surface area contributed by atoms with Crippen LogP contribution in [0.2, 0.25) is 0 Å². The Kier molecular flexibility index (Phi) is 10.0. The van der Waals surface area contributed by atoms with Crippen LogP contribution in [0.5, 0.6) is 46.0 Å². The highest BCUT2D eigenvalue weighted by atomic mass is 16.6. The molecule has 0 amide bonds. The van der Waals surface area contributed by atoms with Gasteiger partial charge in [-0.3, -0.25) is 4.79 Å². The summed E-state index contributed by atoms with van der Waals surface area (Å²) in [5, 5.41) is 69.6. The van der Waals surface area contributed by atoms with Crippen LogP contribution < -0.4 is 4.74 Å². The van der Waals surface area contributed by atoms with Crippen molar-refractivity contribution in [2.24, 2.45) is 0 Å². The number of rotatable bonds is 10. The number of methoxy groups -OCH3 is 1. The van der Waals surface area contributed by atoms with E-state index in [1.54, 1.807) is 0 Å². The molecule has 0 radical (unpaired) electrons. The van der Waals surface area contributed by atoms with E-state index in [0.717, 1.165) is 31.6 Å². The average Bonchev–Trinajstić information content (AvgIpc) is 3.50. The van der Waals surface area contributed by atoms with Crippen LogP contribution >= 0.6 is 0 Å². The van der Waals surface area contributed by atoms with E-state index in [9.17, 15) is 50.1 Å². The lowest BCUT2D eigenvalue weighted by molar-refractivity contribution is -0.167. The summed E-state index contributed by atoms with van der Waals surface area (Å²) < 4.78 is 21.6. The van der Waals surface area contributed by atoms with Crippen LogP contribution in [0.25, 0.3) is 12.2 Å². The van der Waals surface area contributed by atoms with E-state index in [0.29, 0.717) is 11.1 Å². The summed E-state index contributed by atoms with van der Waals surface area (Å²) in [7, 11) is 1.08. The number of carbonyl (C=O) groups is 3. The molecule has 1 aliphatic heterocycles. The van der Waals surface area contributed by atoms with E-state index >= 15 is 0 Å². The van der Waals surface area contributed by atoms with Crippen molar-refractivity contribution in [1.82, 2.24) is 0 Å². The summed E-state index contributed by atoms with van der Waals surface area (Å²) in [5.41, 5.74) is 1.16. The summed E-state index contributed by atoms with van der Waals surface area (Å²) in [5.74, 6) is -7.36. The van der Waals surface area contributed by atoms with Crippen molar-refractivity contribution >= 4 is 30.1 Å². The van der Waals surface area contributed by atoms with Gasteiger partial charge in [0.25, 0.3) is 0 Å². The molecule has 7 N–H and O–H groups in total. The maximum absolute atomic E-state index is 14.1. The fourth-order valence-electron chi connectivity index (χ4n) is 5.21. The highest BCUT2D eigenvalue weighted by Crippen LogP contribution is 2.53. The van der Waals surface area contributed by atoms with E-state index in [4.69, 9.17) is 18.9 Å². The Bertz CT molecular complexity index is 2010. The molecule has 0 saturated heterocycles. The molecule has 0 saturated carbocycles. The Balaban J connectivity index is 1.47. The van der Waals surface area contributed by atoms with E-state index < -0.39 is 59.0 Å². The van der Waals surface area contributed by atoms with Gasteiger partial charge in [-0.2, -0.15) is 0 Å². The fourth-order valence-corrected chi connectivity index (χ4v) is 5.21. The summed E-state index contributed by atoms with van der Waals surface area (Å²) in [6.07, 6.45) is 1.63. The van der Waals surface area contributed by atoms with E-state index in [-0.39, 0.29) is 46.1 Å². The predicted molar refractivity (Wildman–Crippen MR) is 173 cm³/mol. The maximum Gasteiger partial charge on any atom is 0.347 e. The smallest absolute Gasteiger partial charge is 0.347 e. The molecule has 4 aromatic rings. The lowest BCUT2D eigenvalue weighted by Crippen LogP contribution is -2.33. The van der Waals surface area contributed by atoms with Gasteiger partial charge in [0.2, 0.25) is 6.10 Å². The first-order chi connectivity index (χ1) is 23.9. The topological polar surface area (TPSA) is 230 Å². The molecule has 0 fully saturated rings. The van der Waals surface area contributed by atoms with Gasteiger partial charge in [0.05, 0.1) is 13.4 Å². The molecule has 3 atom stereocenters. The molecular weight excluding hydrogens is 656 g/mol. The molecule has 5 rings (SSSR count). The fraction of sp³-hybridized carbons (Fsp3) is 0.139. The van der Waals surface area contributed by atoms with Crippen molar-refractivity contribution in [2.45, 2.75) is 24.5 Å². The van der Waals surface area contributed by atoms with Crippen LogP contribution in [-0.2, 0) is 35.0 Å².